The quantitative estimate of drug-likeness (QED) is 0.757. The maximum atomic E-state index is 12.9. The molecule has 0 aromatic heterocycles. The number of hydrogen-bond donors (Lipinski definition) is 2. The van der Waals surface area contributed by atoms with Crippen LogP contribution in [0.3, 0.4) is 0 Å². The topological polar surface area (TPSA) is 79.9 Å². The normalized spacial score (nSPS) is 18.4. The third-order valence-electron chi connectivity index (χ3n) is 5.05. The lowest BCUT2D eigenvalue weighted by atomic mass is 9.96. The van der Waals surface area contributed by atoms with Crippen molar-refractivity contribution in [3.8, 4) is 5.75 Å². The first-order valence-electron chi connectivity index (χ1n) is 9.51. The molecule has 0 saturated heterocycles. The molecule has 0 radical (unpaired) electrons. The zero-order valence-corrected chi connectivity index (χ0v) is 16.2. The van der Waals surface area contributed by atoms with E-state index >= 15 is 0 Å². The monoisotopic (exact) mass is 393 g/mol. The molecule has 2 aromatic carbocycles. The average Bonchev–Trinajstić information content (AvgIpc) is 3.06. The van der Waals surface area contributed by atoms with Crippen LogP contribution >= 0.6 is 0 Å². The first-order valence-corrected chi connectivity index (χ1v) is 9.51. The predicted molar refractivity (Wildman–Crippen MR) is 107 cm³/mol. The van der Waals surface area contributed by atoms with Gasteiger partial charge in [-0.25, -0.2) is 4.79 Å². The van der Waals surface area contributed by atoms with Gasteiger partial charge in [-0.2, -0.15) is 0 Å². The summed E-state index contributed by atoms with van der Waals surface area (Å²) in [6.07, 6.45) is 0. The first-order chi connectivity index (χ1) is 14.2. The summed E-state index contributed by atoms with van der Waals surface area (Å²) >= 11 is 0. The van der Waals surface area contributed by atoms with E-state index in [-0.39, 0.29) is 11.9 Å². The summed E-state index contributed by atoms with van der Waals surface area (Å²) in [4.78, 5) is 26.7. The Morgan fingerprint density at radius 3 is 2.55 bits per heavy atom. The molecule has 2 N–H and O–H groups in total. The van der Waals surface area contributed by atoms with Crippen LogP contribution in [0, 0.1) is 0 Å². The lowest BCUT2D eigenvalue weighted by Crippen LogP contribution is -2.44. The molecule has 1 unspecified atom stereocenters. The number of nitrogens with zero attached hydrogens (tertiary/aromatic N) is 1. The van der Waals surface area contributed by atoms with E-state index in [1.165, 1.54) is 0 Å². The molecule has 0 bridgehead atoms. The number of ether oxygens (including phenoxy) is 2. The number of rotatable bonds is 7. The van der Waals surface area contributed by atoms with E-state index in [9.17, 15) is 9.59 Å². The Bertz CT molecular complexity index is 925. The zero-order valence-electron chi connectivity index (χ0n) is 16.2. The maximum Gasteiger partial charge on any atom is 0.319 e. The molecule has 3 amide bonds. The highest BCUT2D eigenvalue weighted by molar-refractivity contribution is 6.01. The minimum Gasteiger partial charge on any atom is -0.489 e. The Balaban J connectivity index is 1.49. The molecule has 4 rings (SSSR count). The third kappa shape index (κ3) is 4.09. The van der Waals surface area contributed by atoms with Crippen molar-refractivity contribution in [2.45, 2.75) is 12.6 Å². The molecule has 0 saturated carbocycles. The molecule has 2 aromatic rings. The van der Waals surface area contributed by atoms with Crippen LogP contribution in [0.5, 0.6) is 5.75 Å². The molecule has 7 heteroatoms. The zero-order chi connectivity index (χ0) is 20.2. The van der Waals surface area contributed by atoms with Crippen molar-refractivity contribution in [2.75, 3.05) is 26.8 Å². The smallest absolute Gasteiger partial charge is 0.319 e. The Morgan fingerprint density at radius 2 is 1.83 bits per heavy atom. The van der Waals surface area contributed by atoms with Crippen molar-refractivity contribution >= 4 is 11.9 Å². The summed E-state index contributed by atoms with van der Waals surface area (Å²) in [5.74, 6) is 0.644. The highest BCUT2D eigenvalue weighted by atomic mass is 16.5. The summed E-state index contributed by atoms with van der Waals surface area (Å²) in [7, 11) is 1.60. The number of carbonyl (C=O) groups is 2. The van der Waals surface area contributed by atoms with Crippen molar-refractivity contribution < 1.29 is 19.1 Å². The van der Waals surface area contributed by atoms with Crippen molar-refractivity contribution in [2.24, 2.45) is 0 Å². The number of hydrogen-bond acceptors (Lipinski definition) is 4. The van der Waals surface area contributed by atoms with Crippen LogP contribution in [-0.4, -0.2) is 43.6 Å². The van der Waals surface area contributed by atoms with Gasteiger partial charge in [0.2, 0.25) is 0 Å². The fraction of sp³-hybridized carbons (Fsp3) is 0.273. The van der Waals surface area contributed by atoms with E-state index < -0.39 is 6.04 Å². The van der Waals surface area contributed by atoms with Gasteiger partial charge in [0.05, 0.1) is 30.5 Å². The van der Waals surface area contributed by atoms with E-state index in [1.807, 2.05) is 54.6 Å². The second-order valence-corrected chi connectivity index (χ2v) is 6.99. The van der Waals surface area contributed by atoms with Gasteiger partial charge in [0.1, 0.15) is 12.4 Å². The fourth-order valence-electron chi connectivity index (χ4n) is 3.56. The number of carbonyl (C=O) groups excluding carboxylic acids is 2. The minimum atomic E-state index is -0.484. The number of nitrogens with one attached hydrogen (secondary N) is 2. The molecule has 2 heterocycles. The second kappa shape index (κ2) is 8.36. The molecule has 29 heavy (non-hydrogen) atoms. The molecule has 2 aliphatic rings. The number of urea groups is 1. The molecular weight excluding hydrogens is 370 g/mol. The number of methoxy groups -OCH3 is 1. The van der Waals surface area contributed by atoms with Crippen LogP contribution < -0.4 is 15.4 Å². The van der Waals surface area contributed by atoms with Crippen LogP contribution in [0.4, 0.5) is 4.79 Å². The van der Waals surface area contributed by atoms with E-state index in [2.05, 4.69) is 10.6 Å². The third-order valence-corrected chi connectivity index (χ3v) is 5.05. The summed E-state index contributed by atoms with van der Waals surface area (Å²) in [5, 5.41) is 5.63. The van der Waals surface area contributed by atoms with E-state index in [0.717, 1.165) is 16.9 Å². The van der Waals surface area contributed by atoms with Gasteiger partial charge >= 0.3 is 6.03 Å². The Hall–Kier alpha value is -3.32. The van der Waals surface area contributed by atoms with Crippen LogP contribution in [-0.2, 0) is 16.1 Å². The summed E-state index contributed by atoms with van der Waals surface area (Å²) in [5.41, 5.74) is 3.16. The van der Waals surface area contributed by atoms with Crippen molar-refractivity contribution in [3.05, 3.63) is 77.0 Å². The number of benzene rings is 2. The molecule has 150 valence electrons. The Morgan fingerprint density at radius 1 is 1.07 bits per heavy atom. The van der Waals surface area contributed by atoms with Gasteiger partial charge < -0.3 is 25.0 Å². The Kier molecular flexibility index (Phi) is 5.48. The molecule has 2 aliphatic heterocycles. The highest BCUT2D eigenvalue weighted by Gasteiger charge is 2.40. The van der Waals surface area contributed by atoms with Gasteiger partial charge in [0.25, 0.3) is 5.91 Å². The fourth-order valence-corrected chi connectivity index (χ4v) is 3.56. The first kappa shape index (κ1) is 19.0. The van der Waals surface area contributed by atoms with Gasteiger partial charge in [-0.1, -0.05) is 42.5 Å². The van der Waals surface area contributed by atoms with E-state index in [4.69, 9.17) is 9.47 Å². The van der Waals surface area contributed by atoms with Crippen molar-refractivity contribution in [3.63, 3.8) is 0 Å². The molecule has 1 atom stereocenters. The lowest BCUT2D eigenvalue weighted by molar-refractivity contribution is -0.126. The van der Waals surface area contributed by atoms with Crippen LogP contribution in [0.25, 0.3) is 0 Å². The SMILES string of the molecule is COCCN1CC2=C(C1=O)C(c1ccc(OCc3ccccc3)cc1)NC(=O)N2. The lowest BCUT2D eigenvalue weighted by Gasteiger charge is -2.25. The van der Waals surface area contributed by atoms with Crippen LogP contribution in [0.1, 0.15) is 17.2 Å². The Labute approximate surface area is 169 Å². The molecule has 0 fully saturated rings. The average molecular weight is 393 g/mol. The van der Waals surface area contributed by atoms with Crippen molar-refractivity contribution in [1.29, 1.82) is 0 Å². The second-order valence-electron chi connectivity index (χ2n) is 6.99. The highest BCUT2D eigenvalue weighted by Crippen LogP contribution is 2.33. The maximum absolute atomic E-state index is 12.9. The van der Waals surface area contributed by atoms with E-state index in [0.29, 0.717) is 37.6 Å². The molecule has 0 spiro atoms. The minimum absolute atomic E-state index is 0.0843. The number of amides is 3. The van der Waals surface area contributed by atoms with Gasteiger partial charge in [-0.3, -0.25) is 4.79 Å². The standard InChI is InChI=1S/C22H23N3O4/c1-28-12-11-25-13-18-19(21(25)26)20(24-22(27)23-18)16-7-9-17(10-8-16)29-14-15-5-3-2-4-6-15/h2-10,20H,11-14H2,1H3,(H2,23,24,27). The summed E-state index contributed by atoms with van der Waals surface area (Å²) < 4.78 is 10.9. The molecule has 0 aliphatic carbocycles. The molecule has 7 nitrogen and oxygen atoms in total. The van der Waals surface area contributed by atoms with Gasteiger partial charge in [-0.05, 0) is 23.3 Å². The summed E-state index contributed by atoms with van der Waals surface area (Å²) in [6, 6.07) is 16.6. The van der Waals surface area contributed by atoms with E-state index in [1.54, 1.807) is 12.0 Å². The van der Waals surface area contributed by atoms with Gasteiger partial charge in [-0.15, -0.1) is 0 Å². The van der Waals surface area contributed by atoms with Gasteiger partial charge in [0, 0.05) is 13.7 Å². The largest absolute Gasteiger partial charge is 0.489 e. The van der Waals surface area contributed by atoms with Crippen LogP contribution in [0.15, 0.2) is 65.9 Å². The summed E-state index contributed by atoms with van der Waals surface area (Å²) in [6.45, 7) is 1.80. The van der Waals surface area contributed by atoms with Crippen molar-refractivity contribution in [1.82, 2.24) is 15.5 Å². The predicted octanol–water partition coefficient (Wildman–Crippen LogP) is 2.36. The van der Waals surface area contributed by atoms with Gasteiger partial charge in [0.15, 0.2) is 0 Å². The van der Waals surface area contributed by atoms with Crippen LogP contribution in [0.2, 0.25) is 0 Å². The molecular formula is C22H23N3O4.